The SMILES string of the molecule is [Li][C]1=C(C)C(C)(C)C=C1. The van der Waals surface area contributed by atoms with Crippen molar-refractivity contribution in [3.63, 3.8) is 0 Å². The van der Waals surface area contributed by atoms with E-state index in [1.165, 1.54) is 9.82 Å². The average molecular weight is 114 g/mol. The summed E-state index contributed by atoms with van der Waals surface area (Å²) in [6.45, 7) is 6.69. The van der Waals surface area contributed by atoms with Crippen molar-refractivity contribution < 1.29 is 0 Å². The summed E-state index contributed by atoms with van der Waals surface area (Å²) in [5, 5.41) is 0. The molecule has 0 saturated carbocycles. The monoisotopic (exact) mass is 114 g/mol. The molecule has 0 heterocycles. The number of allylic oxidation sites excluding steroid dienone is 4. The van der Waals surface area contributed by atoms with Crippen LogP contribution < -0.4 is 0 Å². The molecule has 1 heteroatoms. The number of hydrogen-bond acceptors (Lipinski definition) is 0. The second-order valence-electron chi connectivity index (χ2n) is 3.36. The van der Waals surface area contributed by atoms with Crippen LogP contribution in [-0.4, -0.2) is 17.7 Å². The van der Waals surface area contributed by atoms with E-state index in [4.69, 9.17) is 0 Å². The molecule has 0 radical (unpaired) electrons. The van der Waals surface area contributed by atoms with Gasteiger partial charge in [-0.05, 0) is 0 Å². The fourth-order valence-corrected chi connectivity index (χ4v) is 1.09. The number of rotatable bonds is 0. The minimum atomic E-state index is 0.323. The summed E-state index contributed by atoms with van der Waals surface area (Å²) in [5.41, 5.74) is 1.83. The summed E-state index contributed by atoms with van der Waals surface area (Å²) in [6, 6.07) is 0. The molecule has 0 unspecified atom stereocenters. The fraction of sp³-hybridized carbons (Fsp3) is 0.500. The standard InChI is InChI=1S/C8H11.Li/c1-7-5-4-6-8(7,2)3;/h4,6H,1-3H3;. The van der Waals surface area contributed by atoms with Crippen LogP contribution in [0.1, 0.15) is 20.8 Å². The first-order valence-electron chi connectivity index (χ1n) is 3.41. The van der Waals surface area contributed by atoms with Gasteiger partial charge in [0.1, 0.15) is 0 Å². The van der Waals surface area contributed by atoms with Crippen molar-refractivity contribution in [1.82, 2.24) is 0 Å². The third kappa shape index (κ3) is 1.15. The maximum absolute atomic E-state index is 2.26. The number of hydrogen-bond donors (Lipinski definition) is 0. The maximum atomic E-state index is 2.26. The van der Waals surface area contributed by atoms with E-state index in [0.717, 1.165) is 0 Å². The van der Waals surface area contributed by atoms with Crippen LogP contribution in [-0.2, 0) is 0 Å². The van der Waals surface area contributed by atoms with Crippen molar-refractivity contribution >= 4 is 17.7 Å². The second-order valence-corrected chi connectivity index (χ2v) is 3.36. The Bertz CT molecular complexity index is 185. The molecule has 0 aromatic heterocycles. The van der Waals surface area contributed by atoms with Gasteiger partial charge in [0.15, 0.2) is 0 Å². The van der Waals surface area contributed by atoms with Crippen LogP contribution in [0.3, 0.4) is 0 Å². The van der Waals surface area contributed by atoms with E-state index in [9.17, 15) is 0 Å². The Hall–Kier alpha value is 0.0774. The van der Waals surface area contributed by atoms with Crippen molar-refractivity contribution in [3.8, 4) is 0 Å². The van der Waals surface area contributed by atoms with E-state index in [1.807, 2.05) is 0 Å². The zero-order valence-corrected chi connectivity index (χ0v) is 6.65. The first kappa shape index (κ1) is 7.19. The molecule has 9 heavy (non-hydrogen) atoms. The molecular weight excluding hydrogens is 103 g/mol. The molecule has 1 rings (SSSR count). The van der Waals surface area contributed by atoms with Crippen LogP contribution in [0.15, 0.2) is 22.0 Å². The predicted octanol–water partition coefficient (Wildman–Crippen LogP) is 2.02. The van der Waals surface area contributed by atoms with Gasteiger partial charge in [-0.25, -0.2) is 0 Å². The van der Waals surface area contributed by atoms with Gasteiger partial charge in [0, 0.05) is 0 Å². The van der Waals surface area contributed by atoms with Gasteiger partial charge < -0.3 is 0 Å². The Balaban J connectivity index is 3.01. The van der Waals surface area contributed by atoms with Crippen LogP contribution in [0.25, 0.3) is 0 Å². The predicted molar refractivity (Wildman–Crippen MR) is 41.4 cm³/mol. The Morgan fingerprint density at radius 1 is 1.44 bits per heavy atom. The van der Waals surface area contributed by atoms with E-state index >= 15 is 0 Å². The van der Waals surface area contributed by atoms with Crippen molar-refractivity contribution in [2.45, 2.75) is 20.8 Å². The average Bonchev–Trinajstić information content (AvgIpc) is 1.97. The van der Waals surface area contributed by atoms with Crippen LogP contribution in [0, 0.1) is 5.41 Å². The summed E-state index contributed by atoms with van der Waals surface area (Å²) in [5.74, 6) is 0. The van der Waals surface area contributed by atoms with Crippen LogP contribution in [0.2, 0.25) is 0 Å². The molecule has 0 atom stereocenters. The fourth-order valence-electron chi connectivity index (χ4n) is 1.09. The molecule has 1 aliphatic rings. The van der Waals surface area contributed by atoms with Crippen molar-refractivity contribution in [3.05, 3.63) is 22.0 Å². The summed E-state index contributed by atoms with van der Waals surface area (Å²) >= 11 is 2.17. The van der Waals surface area contributed by atoms with Gasteiger partial charge in [-0.3, -0.25) is 0 Å². The molecule has 0 spiro atoms. The second kappa shape index (κ2) is 2.04. The van der Waals surface area contributed by atoms with Crippen molar-refractivity contribution in [2.75, 3.05) is 0 Å². The molecule has 44 valence electrons. The van der Waals surface area contributed by atoms with Crippen LogP contribution in [0.4, 0.5) is 0 Å². The van der Waals surface area contributed by atoms with Gasteiger partial charge in [0.05, 0.1) is 0 Å². The molecule has 0 saturated heterocycles. The Labute approximate surface area is 66.2 Å². The topological polar surface area (TPSA) is 0 Å². The Morgan fingerprint density at radius 3 is 2.11 bits per heavy atom. The van der Waals surface area contributed by atoms with Gasteiger partial charge >= 0.3 is 65.9 Å². The Kier molecular flexibility index (Phi) is 1.63. The van der Waals surface area contributed by atoms with E-state index in [0.29, 0.717) is 5.41 Å². The van der Waals surface area contributed by atoms with Crippen molar-refractivity contribution in [2.24, 2.45) is 5.41 Å². The first-order valence-corrected chi connectivity index (χ1v) is 3.41. The summed E-state index contributed by atoms with van der Waals surface area (Å²) < 4.78 is 1.43. The summed E-state index contributed by atoms with van der Waals surface area (Å²) in [4.78, 5) is 0. The molecule has 0 N–H and O–H groups in total. The Morgan fingerprint density at radius 2 is 2.00 bits per heavy atom. The van der Waals surface area contributed by atoms with E-state index in [2.05, 4.69) is 50.6 Å². The minimum absolute atomic E-state index is 0.323. The quantitative estimate of drug-likeness (QED) is 0.422. The van der Waals surface area contributed by atoms with Crippen molar-refractivity contribution in [1.29, 1.82) is 0 Å². The molecule has 0 aliphatic heterocycles. The van der Waals surface area contributed by atoms with E-state index < -0.39 is 0 Å². The molecule has 0 fully saturated rings. The van der Waals surface area contributed by atoms with Gasteiger partial charge in [0.25, 0.3) is 0 Å². The van der Waals surface area contributed by atoms with Gasteiger partial charge in [0.2, 0.25) is 0 Å². The van der Waals surface area contributed by atoms with E-state index in [1.54, 1.807) is 0 Å². The molecule has 0 bridgehead atoms. The van der Waals surface area contributed by atoms with Gasteiger partial charge in [-0.2, -0.15) is 0 Å². The molecular formula is C8H11Li. The zero-order valence-electron chi connectivity index (χ0n) is 6.65. The third-order valence-corrected chi connectivity index (χ3v) is 2.31. The molecule has 0 aromatic carbocycles. The third-order valence-electron chi connectivity index (χ3n) is 2.31. The van der Waals surface area contributed by atoms with Crippen LogP contribution >= 0.6 is 0 Å². The van der Waals surface area contributed by atoms with E-state index in [-0.39, 0.29) is 0 Å². The molecule has 0 nitrogen and oxygen atoms in total. The van der Waals surface area contributed by atoms with Crippen LogP contribution in [0.5, 0.6) is 0 Å². The zero-order chi connectivity index (χ0) is 7.07. The molecule has 0 aromatic rings. The molecule has 0 amide bonds. The normalized spacial score (nSPS) is 23.7. The summed E-state index contributed by atoms with van der Waals surface area (Å²) in [6.07, 6.45) is 4.47. The first-order chi connectivity index (χ1) is 4.04. The van der Waals surface area contributed by atoms with Gasteiger partial charge in [-0.1, -0.05) is 0 Å². The summed E-state index contributed by atoms with van der Waals surface area (Å²) in [7, 11) is 0. The van der Waals surface area contributed by atoms with Gasteiger partial charge in [-0.15, -0.1) is 0 Å². The molecule has 1 aliphatic carbocycles.